The fourth-order valence-corrected chi connectivity index (χ4v) is 18.3. The third-order valence-corrected chi connectivity index (χ3v) is 25.3. The molecule has 0 saturated heterocycles. The van der Waals surface area contributed by atoms with Gasteiger partial charge in [-0.3, -0.25) is 0 Å². The molecular formula is C127H79N11. The molecule has 0 fully saturated rings. The zero-order valence-electron chi connectivity index (χ0n) is 74.5. The smallest absolute Gasteiger partial charge is 0.164 e. The average molecular weight is 1760 g/mol. The monoisotopic (exact) mass is 1760 g/mol. The molecular weight excluding hydrogens is 1680 g/mol. The van der Waals surface area contributed by atoms with Gasteiger partial charge in [-0.15, -0.1) is 0 Å². The predicted octanol–water partition coefficient (Wildman–Crippen LogP) is 31.8. The van der Waals surface area contributed by atoms with Crippen molar-refractivity contribution in [3.05, 3.63) is 496 Å². The zero-order valence-corrected chi connectivity index (χ0v) is 74.5. The van der Waals surface area contributed by atoms with Crippen molar-refractivity contribution in [1.29, 1.82) is 15.8 Å². The van der Waals surface area contributed by atoms with Crippen LogP contribution in [0.3, 0.4) is 0 Å². The standard InChI is InChI=1S/C43H27N3.2C42H26N4/c44-28-37-15-7-13-30-19-22-36(26-40(30)37)38-16-8-14-35-25-34(23-24-39(35)38)29-17-20-32(21-18-29)42-27-41(31-9-3-1-4-10-31)45-43(46-42)33-11-5-2-6-12-33;43-27-33-24-26-38(37-18-10-9-16-34(33)37)39-35-17-8-7-11-28(35)23-25-36(39)29-19-21-32(22-20-29)42-45-40(30-12-3-1-4-13-30)44-41(46-42)31-14-5-2-6-15-31;43-27-36-25-35(24-34-14-7-8-16-37(34)36)38-17-9-15-29-20-23-33(26-39(29)38)28-18-21-32(22-19-28)42-45-40(30-10-3-1-4-11-30)44-41(46-42)31-12-5-2-6-13-31/h1-27H;2*1-26H. The lowest BCUT2D eigenvalue weighted by Crippen LogP contribution is -2.00. The zero-order chi connectivity index (χ0) is 92.6. The number of benzene rings is 21. The number of hydrogen-bond donors (Lipinski definition) is 0. The molecule has 0 saturated carbocycles. The molecule has 0 atom stereocenters. The quantitative estimate of drug-likeness (QED) is 0.0955. The number of nitrogens with zero attached hydrogens (tertiary/aromatic N) is 11. The molecule has 0 aliphatic rings. The Labute approximate surface area is 798 Å². The Kier molecular flexibility index (Phi) is 23.2. The van der Waals surface area contributed by atoms with Crippen LogP contribution in [0.1, 0.15) is 16.7 Å². The van der Waals surface area contributed by atoms with Gasteiger partial charge in [-0.1, -0.05) is 431 Å². The molecule has 3 heterocycles. The molecule has 24 aromatic rings. The van der Waals surface area contributed by atoms with E-state index in [1.54, 1.807) is 0 Å². The number of fused-ring (bicyclic) bond motifs is 6. The molecule has 138 heavy (non-hydrogen) atoms. The van der Waals surface area contributed by atoms with Crippen LogP contribution in [0.4, 0.5) is 0 Å². The van der Waals surface area contributed by atoms with Gasteiger partial charge < -0.3 is 0 Å². The first kappa shape index (κ1) is 84.3. The normalized spacial score (nSPS) is 11.0. The Balaban J connectivity index is 0.000000119. The van der Waals surface area contributed by atoms with Crippen LogP contribution >= 0.6 is 0 Å². The van der Waals surface area contributed by atoms with Crippen molar-refractivity contribution in [2.45, 2.75) is 0 Å². The Morgan fingerprint density at radius 2 is 0.457 bits per heavy atom. The minimum absolute atomic E-state index is 0.621. The summed E-state index contributed by atoms with van der Waals surface area (Å²) in [6.07, 6.45) is 0. The largest absolute Gasteiger partial charge is 0.228 e. The molecule has 0 amide bonds. The molecule has 0 radical (unpaired) electrons. The van der Waals surface area contributed by atoms with Crippen molar-refractivity contribution in [2.75, 3.05) is 0 Å². The molecule has 642 valence electrons. The van der Waals surface area contributed by atoms with Crippen molar-refractivity contribution in [3.8, 4) is 187 Å². The van der Waals surface area contributed by atoms with Crippen LogP contribution in [0.25, 0.3) is 234 Å². The van der Waals surface area contributed by atoms with Crippen LogP contribution in [0.5, 0.6) is 0 Å². The van der Waals surface area contributed by atoms with Gasteiger partial charge in [0.15, 0.2) is 40.8 Å². The van der Waals surface area contributed by atoms with Crippen LogP contribution in [0.15, 0.2) is 479 Å². The summed E-state index contributed by atoms with van der Waals surface area (Å²) in [6.45, 7) is 0. The lowest BCUT2D eigenvalue weighted by atomic mass is 9.86. The molecule has 11 heteroatoms. The van der Waals surface area contributed by atoms with Crippen molar-refractivity contribution in [2.24, 2.45) is 0 Å². The van der Waals surface area contributed by atoms with Gasteiger partial charge in [-0.2, -0.15) is 15.8 Å². The predicted molar refractivity (Wildman–Crippen MR) is 562 cm³/mol. The molecule has 24 rings (SSSR count). The highest BCUT2D eigenvalue weighted by Crippen LogP contribution is 2.45. The Morgan fingerprint density at radius 3 is 0.978 bits per heavy atom. The molecule has 3 aromatic heterocycles. The van der Waals surface area contributed by atoms with E-state index < -0.39 is 0 Å². The minimum Gasteiger partial charge on any atom is -0.228 e. The number of rotatable bonds is 15. The molecule has 0 aliphatic carbocycles. The third-order valence-electron chi connectivity index (χ3n) is 25.3. The van der Waals surface area contributed by atoms with Gasteiger partial charge in [-0.05, 0) is 169 Å². The van der Waals surface area contributed by atoms with Gasteiger partial charge in [-0.25, -0.2) is 39.9 Å². The Morgan fingerprint density at radius 1 is 0.138 bits per heavy atom. The molecule has 0 N–H and O–H groups in total. The van der Waals surface area contributed by atoms with E-state index in [1.165, 1.54) is 16.2 Å². The van der Waals surface area contributed by atoms with E-state index in [0.717, 1.165) is 177 Å². The van der Waals surface area contributed by atoms with Crippen LogP contribution in [-0.4, -0.2) is 39.9 Å². The summed E-state index contributed by atoms with van der Waals surface area (Å²) in [4.78, 5) is 39.1. The van der Waals surface area contributed by atoms with E-state index in [9.17, 15) is 15.8 Å². The van der Waals surface area contributed by atoms with Gasteiger partial charge in [0, 0.05) is 60.8 Å². The first-order valence-corrected chi connectivity index (χ1v) is 45.7. The van der Waals surface area contributed by atoms with E-state index in [0.29, 0.717) is 57.5 Å². The summed E-state index contributed by atoms with van der Waals surface area (Å²) in [7, 11) is 0. The first-order valence-electron chi connectivity index (χ1n) is 45.7. The minimum atomic E-state index is 0.621. The Hall–Kier alpha value is -19.3. The van der Waals surface area contributed by atoms with Gasteiger partial charge in [0.25, 0.3) is 0 Å². The van der Waals surface area contributed by atoms with Crippen LogP contribution in [0, 0.1) is 34.0 Å². The second-order valence-corrected chi connectivity index (χ2v) is 33.7. The third kappa shape index (κ3) is 17.3. The summed E-state index contributed by atoms with van der Waals surface area (Å²) in [5.41, 5.74) is 25.8. The Bertz CT molecular complexity index is 8700. The maximum Gasteiger partial charge on any atom is 0.164 e. The molecule has 0 unspecified atom stereocenters. The highest BCUT2D eigenvalue weighted by Gasteiger charge is 2.22. The van der Waals surface area contributed by atoms with Gasteiger partial charge in [0.05, 0.1) is 46.3 Å². The fourth-order valence-electron chi connectivity index (χ4n) is 18.3. The molecule has 11 nitrogen and oxygen atoms in total. The summed E-state index contributed by atoms with van der Waals surface area (Å²) in [6, 6.07) is 171. The summed E-state index contributed by atoms with van der Waals surface area (Å²) in [5, 5.41) is 42.4. The number of hydrogen-bond acceptors (Lipinski definition) is 11. The summed E-state index contributed by atoms with van der Waals surface area (Å²) in [5.74, 6) is 4.52. The van der Waals surface area contributed by atoms with Crippen LogP contribution in [0.2, 0.25) is 0 Å². The molecule has 21 aromatic carbocycles. The van der Waals surface area contributed by atoms with E-state index in [2.05, 4.69) is 267 Å². The maximum atomic E-state index is 9.90. The van der Waals surface area contributed by atoms with E-state index in [-0.39, 0.29) is 0 Å². The molecule has 0 aliphatic heterocycles. The SMILES string of the molecule is N#Cc1cc(-c2cccc3ccc(-c4ccc(-c5nc(-c6ccccc6)nc(-c6ccccc6)n5)cc4)cc23)cc2ccccc12.N#Cc1ccc(-c2c(-c3ccc(-c4nc(-c5ccccc5)nc(-c5ccccc5)n4)cc3)ccc3ccccc23)c2ccccc12.N#Cc1cccc2ccc(-c3cccc4cc(-c5ccc(-c6cc(-c7ccccc7)nc(-c7ccccc7)n6)cc5)ccc34)cc12. The second kappa shape index (κ2) is 37.9. The number of aromatic nitrogens is 8. The highest BCUT2D eigenvalue weighted by atomic mass is 15.0. The van der Waals surface area contributed by atoms with E-state index >= 15 is 0 Å². The van der Waals surface area contributed by atoms with Crippen molar-refractivity contribution in [3.63, 3.8) is 0 Å². The van der Waals surface area contributed by atoms with Gasteiger partial charge in [0.1, 0.15) is 0 Å². The van der Waals surface area contributed by atoms with E-state index in [4.69, 9.17) is 39.9 Å². The van der Waals surface area contributed by atoms with Crippen molar-refractivity contribution in [1.82, 2.24) is 39.9 Å². The van der Waals surface area contributed by atoms with E-state index in [1.807, 2.05) is 231 Å². The second-order valence-electron chi connectivity index (χ2n) is 33.7. The molecule has 0 spiro atoms. The lowest BCUT2D eigenvalue weighted by molar-refractivity contribution is 1.07. The van der Waals surface area contributed by atoms with Crippen molar-refractivity contribution >= 4 is 64.6 Å². The first-order chi connectivity index (χ1) is 68.2. The number of nitriles is 3. The summed E-state index contributed by atoms with van der Waals surface area (Å²) < 4.78 is 0. The van der Waals surface area contributed by atoms with Crippen LogP contribution < -0.4 is 0 Å². The molecule has 0 bridgehead atoms. The average Bonchev–Trinajstić information content (AvgIpc) is 0.757. The summed E-state index contributed by atoms with van der Waals surface area (Å²) >= 11 is 0. The van der Waals surface area contributed by atoms with Crippen molar-refractivity contribution < 1.29 is 0 Å². The maximum absolute atomic E-state index is 9.90. The topological polar surface area (TPSA) is 174 Å². The highest BCUT2D eigenvalue weighted by molar-refractivity contribution is 6.12. The lowest BCUT2D eigenvalue weighted by Gasteiger charge is -2.17. The fraction of sp³-hybridized carbons (Fsp3) is 0. The van der Waals surface area contributed by atoms with Gasteiger partial charge in [0.2, 0.25) is 0 Å². The van der Waals surface area contributed by atoms with Gasteiger partial charge >= 0.3 is 0 Å². The van der Waals surface area contributed by atoms with Crippen LogP contribution in [-0.2, 0) is 0 Å².